The van der Waals surface area contributed by atoms with Crippen molar-refractivity contribution in [2.45, 2.75) is 65.5 Å². The molecule has 0 amide bonds. The van der Waals surface area contributed by atoms with E-state index in [1.807, 2.05) is 42.5 Å². The summed E-state index contributed by atoms with van der Waals surface area (Å²) in [5.74, 6) is -0.106. The van der Waals surface area contributed by atoms with Crippen LogP contribution in [0.15, 0.2) is 53.6 Å². The SMILES string of the molecule is CC(C)N(CCCCCC1(C(=N)N)C=CC=C(C2=Cc3ccccc3NC2)C1=O)C(C)C. The van der Waals surface area contributed by atoms with Gasteiger partial charge in [-0.2, -0.15) is 0 Å². The number of allylic oxidation sites excluding steroid dienone is 2. The van der Waals surface area contributed by atoms with Gasteiger partial charge < -0.3 is 11.1 Å². The Morgan fingerprint density at radius 3 is 2.56 bits per heavy atom. The molecular formula is C27H38N4O. The van der Waals surface area contributed by atoms with Crippen molar-refractivity contribution in [2.24, 2.45) is 11.1 Å². The topological polar surface area (TPSA) is 82.2 Å². The van der Waals surface area contributed by atoms with Crippen molar-refractivity contribution in [3.63, 3.8) is 0 Å². The Morgan fingerprint density at radius 2 is 1.88 bits per heavy atom. The van der Waals surface area contributed by atoms with Crippen molar-refractivity contribution >= 4 is 23.4 Å². The number of para-hydroxylation sites is 1. The largest absolute Gasteiger partial charge is 0.387 e. The lowest BCUT2D eigenvalue weighted by molar-refractivity contribution is -0.120. The highest BCUT2D eigenvalue weighted by atomic mass is 16.1. The first-order valence-corrected chi connectivity index (χ1v) is 11.8. The van der Waals surface area contributed by atoms with E-state index in [0.717, 1.165) is 42.6 Å². The Labute approximate surface area is 193 Å². The minimum atomic E-state index is -1.03. The standard InChI is InChI=1S/C27H38N4O/c1-19(2)31(20(3)4)16-9-5-8-14-27(26(28)29)15-10-12-23(25(27)32)22-17-21-11-6-7-13-24(21)30-18-22/h6-7,10-13,15,17,19-20,30H,5,8-9,14,16,18H2,1-4H3,(H3,28,29). The second-order valence-electron chi connectivity index (χ2n) is 9.50. The number of carbonyl (C=O) groups is 1. The van der Waals surface area contributed by atoms with Crippen molar-refractivity contribution in [2.75, 3.05) is 18.4 Å². The molecule has 1 heterocycles. The third kappa shape index (κ3) is 5.04. The molecule has 1 aromatic rings. The maximum Gasteiger partial charge on any atom is 0.180 e. The number of benzene rings is 1. The number of hydrogen-bond donors (Lipinski definition) is 3. The van der Waals surface area contributed by atoms with Gasteiger partial charge in [0.2, 0.25) is 0 Å². The highest BCUT2D eigenvalue weighted by Gasteiger charge is 2.42. The summed E-state index contributed by atoms with van der Waals surface area (Å²) >= 11 is 0. The molecule has 1 aliphatic carbocycles. The molecule has 0 saturated heterocycles. The van der Waals surface area contributed by atoms with E-state index in [1.165, 1.54) is 0 Å². The monoisotopic (exact) mass is 434 g/mol. The summed E-state index contributed by atoms with van der Waals surface area (Å²) < 4.78 is 0. The average Bonchev–Trinajstić information content (AvgIpc) is 2.76. The van der Waals surface area contributed by atoms with Crippen LogP contribution in [0.4, 0.5) is 5.69 Å². The number of anilines is 1. The lowest BCUT2D eigenvalue weighted by atomic mass is 9.71. The lowest BCUT2D eigenvalue weighted by Crippen LogP contribution is -2.44. The van der Waals surface area contributed by atoms with Crippen LogP contribution >= 0.6 is 0 Å². The maximum absolute atomic E-state index is 13.6. The molecule has 0 saturated carbocycles. The molecule has 32 heavy (non-hydrogen) atoms. The van der Waals surface area contributed by atoms with Crippen LogP contribution in [-0.4, -0.2) is 41.7 Å². The molecule has 0 radical (unpaired) electrons. The zero-order chi connectivity index (χ0) is 23.3. The van der Waals surface area contributed by atoms with Gasteiger partial charge in [-0.3, -0.25) is 15.1 Å². The number of nitrogens with one attached hydrogen (secondary N) is 2. The van der Waals surface area contributed by atoms with Crippen molar-refractivity contribution in [1.29, 1.82) is 5.41 Å². The van der Waals surface area contributed by atoms with E-state index in [2.05, 4.69) is 44.0 Å². The van der Waals surface area contributed by atoms with Crippen molar-refractivity contribution in [3.05, 3.63) is 59.2 Å². The summed E-state index contributed by atoms with van der Waals surface area (Å²) in [7, 11) is 0. The molecular weight excluding hydrogens is 396 g/mol. The van der Waals surface area contributed by atoms with Crippen LogP contribution in [0.25, 0.3) is 6.08 Å². The van der Waals surface area contributed by atoms with Gasteiger partial charge in [-0.1, -0.05) is 49.3 Å². The lowest BCUT2D eigenvalue weighted by Gasteiger charge is -2.33. The molecule has 3 rings (SSSR count). The Morgan fingerprint density at radius 1 is 1.16 bits per heavy atom. The van der Waals surface area contributed by atoms with Crippen LogP contribution in [0.2, 0.25) is 0 Å². The Kier molecular flexibility index (Phi) is 7.73. The highest BCUT2D eigenvalue weighted by Crippen LogP contribution is 2.38. The van der Waals surface area contributed by atoms with Crippen LogP contribution in [0.3, 0.4) is 0 Å². The van der Waals surface area contributed by atoms with Gasteiger partial charge in [0, 0.05) is 29.9 Å². The van der Waals surface area contributed by atoms with Gasteiger partial charge in [-0.25, -0.2) is 0 Å². The number of unbranched alkanes of at least 4 members (excludes halogenated alkanes) is 2. The fraction of sp³-hybridized carbons (Fsp3) is 0.481. The first kappa shape index (κ1) is 24.0. The van der Waals surface area contributed by atoms with Gasteiger partial charge in [-0.15, -0.1) is 0 Å². The molecule has 0 spiro atoms. The number of Topliss-reactive ketones (excluding diaryl/α,β-unsaturated/α-hetero) is 1. The Balaban J connectivity index is 1.68. The highest BCUT2D eigenvalue weighted by molar-refractivity contribution is 6.19. The van der Waals surface area contributed by atoms with Gasteiger partial charge in [0.05, 0.1) is 0 Å². The van der Waals surface area contributed by atoms with Crippen LogP contribution in [0.5, 0.6) is 0 Å². The van der Waals surface area contributed by atoms with E-state index >= 15 is 0 Å². The second kappa shape index (κ2) is 10.3. The number of nitrogens with two attached hydrogens (primary N) is 1. The number of fused-ring (bicyclic) bond motifs is 1. The van der Waals surface area contributed by atoms with Crippen LogP contribution in [-0.2, 0) is 4.79 Å². The molecule has 5 nitrogen and oxygen atoms in total. The Bertz CT molecular complexity index is 933. The number of nitrogens with zero attached hydrogens (tertiary/aromatic N) is 1. The minimum Gasteiger partial charge on any atom is -0.387 e. The molecule has 1 aliphatic heterocycles. The van der Waals surface area contributed by atoms with E-state index in [0.29, 0.717) is 30.6 Å². The molecule has 5 heteroatoms. The van der Waals surface area contributed by atoms with Crippen LogP contribution in [0, 0.1) is 10.8 Å². The maximum atomic E-state index is 13.6. The number of rotatable bonds is 10. The number of hydrogen-bond acceptors (Lipinski definition) is 4. The average molecular weight is 435 g/mol. The van der Waals surface area contributed by atoms with Crippen LogP contribution in [0.1, 0.15) is 58.9 Å². The fourth-order valence-electron chi connectivity index (χ4n) is 4.87. The smallest absolute Gasteiger partial charge is 0.180 e. The molecule has 1 unspecified atom stereocenters. The first-order chi connectivity index (χ1) is 15.3. The van der Waals surface area contributed by atoms with Gasteiger partial charge >= 0.3 is 0 Å². The zero-order valence-electron chi connectivity index (χ0n) is 19.9. The zero-order valence-corrected chi connectivity index (χ0v) is 19.9. The summed E-state index contributed by atoms with van der Waals surface area (Å²) in [6.45, 7) is 10.6. The molecule has 1 aromatic carbocycles. The van der Waals surface area contributed by atoms with Gasteiger partial charge in [0.15, 0.2) is 5.78 Å². The van der Waals surface area contributed by atoms with E-state index in [4.69, 9.17) is 11.1 Å². The summed E-state index contributed by atoms with van der Waals surface area (Å²) in [6, 6.07) is 9.13. The van der Waals surface area contributed by atoms with Crippen LogP contribution < -0.4 is 11.1 Å². The van der Waals surface area contributed by atoms with Crippen molar-refractivity contribution in [1.82, 2.24) is 4.90 Å². The summed E-state index contributed by atoms with van der Waals surface area (Å²) in [4.78, 5) is 16.1. The minimum absolute atomic E-state index is 0.0501. The number of ketones is 1. The third-order valence-corrected chi connectivity index (χ3v) is 6.69. The summed E-state index contributed by atoms with van der Waals surface area (Å²) in [6.07, 6.45) is 11.2. The quantitative estimate of drug-likeness (QED) is 0.270. The number of amidine groups is 1. The number of carbonyl (C=O) groups excluding carboxylic acids is 1. The molecule has 2 aliphatic rings. The fourth-order valence-corrected chi connectivity index (χ4v) is 4.87. The molecule has 0 bridgehead atoms. The predicted octanol–water partition coefficient (Wildman–Crippen LogP) is 5.16. The second-order valence-corrected chi connectivity index (χ2v) is 9.50. The van der Waals surface area contributed by atoms with Crippen molar-refractivity contribution < 1.29 is 4.79 Å². The molecule has 172 valence electrons. The van der Waals surface area contributed by atoms with E-state index in [-0.39, 0.29) is 11.6 Å². The predicted molar refractivity (Wildman–Crippen MR) is 135 cm³/mol. The normalized spacial score (nSPS) is 20.3. The first-order valence-electron chi connectivity index (χ1n) is 11.8. The van der Waals surface area contributed by atoms with Crippen molar-refractivity contribution in [3.8, 4) is 0 Å². The van der Waals surface area contributed by atoms with Gasteiger partial charge in [-0.05, 0) is 70.4 Å². The van der Waals surface area contributed by atoms with E-state index in [9.17, 15) is 4.79 Å². The summed E-state index contributed by atoms with van der Waals surface area (Å²) in [5, 5.41) is 11.7. The summed E-state index contributed by atoms with van der Waals surface area (Å²) in [5.41, 5.74) is 8.78. The molecule has 0 aromatic heterocycles. The Hall–Kier alpha value is -2.66. The van der Waals surface area contributed by atoms with Gasteiger partial charge in [0.25, 0.3) is 0 Å². The molecule has 1 atom stereocenters. The van der Waals surface area contributed by atoms with Gasteiger partial charge in [0.1, 0.15) is 11.3 Å². The van der Waals surface area contributed by atoms with E-state index < -0.39 is 5.41 Å². The van der Waals surface area contributed by atoms with E-state index in [1.54, 1.807) is 0 Å². The third-order valence-electron chi connectivity index (χ3n) is 6.69. The molecule has 4 N–H and O–H groups in total. The molecule has 0 fully saturated rings.